The predicted octanol–water partition coefficient (Wildman–Crippen LogP) is 3.94. The molecule has 19 heavy (non-hydrogen) atoms. The molecule has 0 N–H and O–H groups in total. The maximum Gasteiger partial charge on any atom is 0.434 e. The van der Waals surface area contributed by atoms with Crippen molar-refractivity contribution < 1.29 is 17.9 Å². The van der Waals surface area contributed by atoms with E-state index in [1.54, 1.807) is 24.3 Å². The number of aromatic nitrogens is 2. The molecule has 0 radical (unpaired) electrons. The third-order valence-corrected chi connectivity index (χ3v) is 2.97. The lowest BCUT2D eigenvalue weighted by molar-refractivity contribution is -0.141. The molecule has 2 rings (SSSR count). The Morgan fingerprint density at radius 3 is 2.42 bits per heavy atom. The molecule has 0 atom stereocenters. The van der Waals surface area contributed by atoms with Crippen molar-refractivity contribution in [3.05, 3.63) is 40.6 Å². The molecule has 0 saturated carbocycles. The number of rotatable bonds is 3. The minimum absolute atomic E-state index is 0.00841. The number of hydrogen-bond donors (Lipinski definition) is 0. The van der Waals surface area contributed by atoms with Gasteiger partial charge in [-0.05, 0) is 12.1 Å². The zero-order valence-corrected chi connectivity index (χ0v) is 11.5. The highest BCUT2D eigenvalue weighted by molar-refractivity contribution is 9.10. The van der Waals surface area contributed by atoms with Gasteiger partial charge >= 0.3 is 6.18 Å². The molecule has 0 spiro atoms. The molecule has 0 aliphatic heterocycles. The summed E-state index contributed by atoms with van der Waals surface area (Å²) in [5.74, 6) is 0.224. The van der Waals surface area contributed by atoms with E-state index >= 15 is 0 Å². The first-order valence-corrected chi connectivity index (χ1v) is 6.10. The van der Waals surface area contributed by atoms with E-state index < -0.39 is 11.9 Å². The van der Waals surface area contributed by atoms with Gasteiger partial charge in [-0.1, -0.05) is 28.1 Å². The van der Waals surface area contributed by atoms with Crippen LogP contribution >= 0.6 is 15.9 Å². The SMILES string of the molecule is COCn1cc(C(F)(F)F)nc1-c1ccc(Br)cc1. The van der Waals surface area contributed by atoms with Gasteiger partial charge in [0, 0.05) is 23.3 Å². The predicted molar refractivity (Wildman–Crippen MR) is 67.4 cm³/mol. The second-order valence-corrected chi connectivity index (χ2v) is 4.76. The summed E-state index contributed by atoms with van der Waals surface area (Å²) in [6.07, 6.45) is -3.52. The normalized spacial score (nSPS) is 11.8. The summed E-state index contributed by atoms with van der Waals surface area (Å²) in [5.41, 5.74) is -0.335. The van der Waals surface area contributed by atoms with E-state index in [4.69, 9.17) is 4.74 Å². The quantitative estimate of drug-likeness (QED) is 0.850. The average molecular weight is 335 g/mol. The summed E-state index contributed by atoms with van der Waals surface area (Å²) >= 11 is 3.27. The second-order valence-electron chi connectivity index (χ2n) is 3.84. The average Bonchev–Trinajstić information content (AvgIpc) is 2.74. The lowest BCUT2D eigenvalue weighted by atomic mass is 10.2. The van der Waals surface area contributed by atoms with E-state index in [-0.39, 0.29) is 12.6 Å². The van der Waals surface area contributed by atoms with Crippen molar-refractivity contribution in [2.24, 2.45) is 0 Å². The molecule has 0 aliphatic rings. The Balaban J connectivity index is 2.48. The third-order valence-electron chi connectivity index (χ3n) is 2.44. The van der Waals surface area contributed by atoms with Crippen molar-refractivity contribution in [1.29, 1.82) is 0 Å². The number of imidazole rings is 1. The van der Waals surface area contributed by atoms with E-state index in [1.165, 1.54) is 11.7 Å². The fraction of sp³-hybridized carbons (Fsp3) is 0.250. The summed E-state index contributed by atoms with van der Waals surface area (Å²) in [4.78, 5) is 3.64. The molecule has 2 aromatic rings. The number of methoxy groups -OCH3 is 1. The van der Waals surface area contributed by atoms with Gasteiger partial charge in [0.25, 0.3) is 0 Å². The number of alkyl halides is 3. The fourth-order valence-electron chi connectivity index (χ4n) is 1.62. The molecule has 102 valence electrons. The Morgan fingerprint density at radius 2 is 1.89 bits per heavy atom. The molecular weight excluding hydrogens is 325 g/mol. The van der Waals surface area contributed by atoms with Gasteiger partial charge in [0.2, 0.25) is 0 Å². The Hall–Kier alpha value is -1.34. The van der Waals surface area contributed by atoms with E-state index in [0.717, 1.165) is 10.7 Å². The number of nitrogens with zero attached hydrogens (tertiary/aromatic N) is 2. The summed E-state index contributed by atoms with van der Waals surface area (Å²) in [5, 5.41) is 0. The number of hydrogen-bond acceptors (Lipinski definition) is 2. The van der Waals surface area contributed by atoms with Crippen LogP contribution in [0.5, 0.6) is 0 Å². The van der Waals surface area contributed by atoms with Crippen molar-refractivity contribution in [2.75, 3.05) is 7.11 Å². The Morgan fingerprint density at radius 1 is 1.26 bits per heavy atom. The maximum absolute atomic E-state index is 12.7. The lowest BCUT2D eigenvalue weighted by Gasteiger charge is -2.06. The molecule has 1 heterocycles. The molecule has 0 saturated heterocycles. The molecule has 0 bridgehead atoms. The number of ether oxygens (including phenoxy) is 1. The van der Waals surface area contributed by atoms with Crippen molar-refractivity contribution >= 4 is 15.9 Å². The van der Waals surface area contributed by atoms with Crippen LogP contribution in [-0.4, -0.2) is 16.7 Å². The molecule has 1 aromatic heterocycles. The largest absolute Gasteiger partial charge is 0.434 e. The van der Waals surface area contributed by atoms with E-state index in [9.17, 15) is 13.2 Å². The second kappa shape index (κ2) is 5.34. The summed E-state index contributed by atoms with van der Waals surface area (Å²) in [6, 6.07) is 6.88. The van der Waals surface area contributed by atoms with Gasteiger partial charge in [0.05, 0.1) is 0 Å². The standard InChI is InChI=1S/C12H10BrF3N2O/c1-19-7-18-6-10(12(14,15)16)17-11(18)8-2-4-9(13)5-3-8/h2-6H,7H2,1H3. The monoisotopic (exact) mass is 334 g/mol. The van der Waals surface area contributed by atoms with Crippen LogP contribution in [0.4, 0.5) is 13.2 Å². The van der Waals surface area contributed by atoms with Crippen LogP contribution in [0, 0.1) is 0 Å². The van der Waals surface area contributed by atoms with Crippen LogP contribution in [-0.2, 0) is 17.6 Å². The molecule has 0 unspecified atom stereocenters. The van der Waals surface area contributed by atoms with Gasteiger partial charge in [0.1, 0.15) is 12.6 Å². The topological polar surface area (TPSA) is 27.1 Å². The molecule has 0 amide bonds. The molecular formula is C12H10BrF3N2O. The first-order chi connectivity index (χ1) is 8.91. The van der Waals surface area contributed by atoms with Crippen molar-refractivity contribution in [3.63, 3.8) is 0 Å². The van der Waals surface area contributed by atoms with Gasteiger partial charge in [0.15, 0.2) is 5.69 Å². The highest BCUT2D eigenvalue weighted by Crippen LogP contribution is 2.31. The molecule has 0 fully saturated rings. The Bertz CT molecular complexity index is 563. The summed E-state index contributed by atoms with van der Waals surface area (Å²) in [7, 11) is 1.42. The van der Waals surface area contributed by atoms with Crippen molar-refractivity contribution in [2.45, 2.75) is 12.9 Å². The third kappa shape index (κ3) is 3.16. The number of benzene rings is 1. The van der Waals surface area contributed by atoms with Crippen LogP contribution in [0.1, 0.15) is 5.69 Å². The van der Waals surface area contributed by atoms with E-state index in [0.29, 0.717) is 5.56 Å². The van der Waals surface area contributed by atoms with Crippen LogP contribution in [0.2, 0.25) is 0 Å². The fourth-order valence-corrected chi connectivity index (χ4v) is 1.88. The molecule has 1 aromatic carbocycles. The minimum atomic E-state index is -4.47. The highest BCUT2D eigenvalue weighted by Gasteiger charge is 2.34. The highest BCUT2D eigenvalue weighted by atomic mass is 79.9. The zero-order chi connectivity index (χ0) is 14.0. The molecule has 7 heteroatoms. The van der Waals surface area contributed by atoms with Gasteiger partial charge in [-0.2, -0.15) is 13.2 Å². The molecule has 3 nitrogen and oxygen atoms in total. The Kier molecular flexibility index (Phi) is 3.96. The van der Waals surface area contributed by atoms with Gasteiger partial charge in [-0.3, -0.25) is 0 Å². The van der Waals surface area contributed by atoms with Gasteiger partial charge < -0.3 is 9.30 Å². The van der Waals surface area contributed by atoms with E-state index in [2.05, 4.69) is 20.9 Å². The Labute approximate surface area is 116 Å². The summed E-state index contributed by atoms with van der Waals surface area (Å²) < 4.78 is 45.1. The van der Waals surface area contributed by atoms with Crippen LogP contribution < -0.4 is 0 Å². The smallest absolute Gasteiger partial charge is 0.364 e. The van der Waals surface area contributed by atoms with Crippen molar-refractivity contribution in [3.8, 4) is 11.4 Å². The zero-order valence-electron chi connectivity index (χ0n) is 9.91. The van der Waals surface area contributed by atoms with Gasteiger partial charge in [-0.25, -0.2) is 4.98 Å². The lowest BCUT2D eigenvalue weighted by Crippen LogP contribution is -2.05. The summed E-state index contributed by atoms with van der Waals surface area (Å²) in [6.45, 7) is 0.00841. The van der Waals surface area contributed by atoms with Crippen molar-refractivity contribution in [1.82, 2.24) is 9.55 Å². The first-order valence-electron chi connectivity index (χ1n) is 5.31. The van der Waals surface area contributed by atoms with Crippen LogP contribution in [0.3, 0.4) is 0 Å². The number of halogens is 4. The maximum atomic E-state index is 12.7. The minimum Gasteiger partial charge on any atom is -0.364 e. The van der Waals surface area contributed by atoms with Crippen LogP contribution in [0.25, 0.3) is 11.4 Å². The molecule has 0 aliphatic carbocycles. The van der Waals surface area contributed by atoms with Crippen LogP contribution in [0.15, 0.2) is 34.9 Å². The van der Waals surface area contributed by atoms with Gasteiger partial charge in [-0.15, -0.1) is 0 Å². The van der Waals surface area contributed by atoms with E-state index in [1.807, 2.05) is 0 Å². The first kappa shape index (κ1) is 14.1.